The zero-order chi connectivity index (χ0) is 20.3. The number of fused-ring (bicyclic) bond motifs is 1. The van der Waals surface area contributed by atoms with Crippen molar-refractivity contribution in [2.24, 2.45) is 0 Å². The molecule has 1 heterocycles. The van der Waals surface area contributed by atoms with Crippen molar-refractivity contribution in [2.75, 3.05) is 6.54 Å². The van der Waals surface area contributed by atoms with Crippen LogP contribution in [0.3, 0.4) is 0 Å². The van der Waals surface area contributed by atoms with Crippen LogP contribution in [0.25, 0.3) is 11.0 Å². The first kappa shape index (κ1) is 21.1. The third kappa shape index (κ3) is 6.45. The number of para-hydroxylation sites is 2. The Bertz CT molecular complexity index is 885. The van der Waals surface area contributed by atoms with Crippen LogP contribution in [0, 0.1) is 0 Å². The standard InChI is InChI=1S/C25H33N3O/c1-2-3-20-28-23-15-10-9-14-22(23)27-24(28)16-8-5-11-19-26-25(29)18-17-21-12-6-4-7-13-21/h4,6-7,9-10,12-15H,2-3,5,8,11,16-20H2,1H3,(H,26,29). The molecule has 0 aliphatic rings. The van der Waals surface area contributed by atoms with Crippen LogP contribution in [0.5, 0.6) is 0 Å². The molecule has 0 atom stereocenters. The van der Waals surface area contributed by atoms with E-state index in [2.05, 4.69) is 53.2 Å². The molecule has 0 unspecified atom stereocenters. The van der Waals surface area contributed by atoms with E-state index in [1.807, 2.05) is 18.2 Å². The van der Waals surface area contributed by atoms with Gasteiger partial charge in [-0.25, -0.2) is 4.98 Å². The Balaban J connectivity index is 1.36. The maximum absolute atomic E-state index is 12.0. The van der Waals surface area contributed by atoms with E-state index in [0.29, 0.717) is 6.42 Å². The first-order valence-corrected chi connectivity index (χ1v) is 11.0. The number of aromatic nitrogens is 2. The monoisotopic (exact) mass is 391 g/mol. The first-order valence-electron chi connectivity index (χ1n) is 11.0. The predicted octanol–water partition coefficient (Wildman–Crippen LogP) is 5.30. The van der Waals surface area contributed by atoms with Gasteiger partial charge >= 0.3 is 0 Å². The lowest BCUT2D eigenvalue weighted by Gasteiger charge is -2.09. The van der Waals surface area contributed by atoms with Gasteiger partial charge in [0.1, 0.15) is 5.82 Å². The van der Waals surface area contributed by atoms with Crippen LogP contribution in [0.2, 0.25) is 0 Å². The van der Waals surface area contributed by atoms with Crippen LogP contribution in [-0.2, 0) is 24.2 Å². The van der Waals surface area contributed by atoms with Crippen molar-refractivity contribution >= 4 is 16.9 Å². The molecule has 1 N–H and O–H groups in total. The molecule has 4 heteroatoms. The zero-order valence-corrected chi connectivity index (χ0v) is 17.6. The second-order valence-electron chi connectivity index (χ2n) is 7.67. The molecule has 0 aliphatic heterocycles. The fourth-order valence-electron chi connectivity index (χ4n) is 3.69. The quantitative estimate of drug-likeness (QED) is 0.426. The molecular formula is C25H33N3O. The summed E-state index contributed by atoms with van der Waals surface area (Å²) in [7, 11) is 0. The second-order valence-corrected chi connectivity index (χ2v) is 7.67. The number of aryl methyl sites for hydroxylation is 3. The van der Waals surface area contributed by atoms with Gasteiger partial charge in [-0.15, -0.1) is 0 Å². The molecule has 1 amide bonds. The van der Waals surface area contributed by atoms with Crippen LogP contribution < -0.4 is 5.32 Å². The lowest BCUT2D eigenvalue weighted by Crippen LogP contribution is -2.24. The van der Waals surface area contributed by atoms with E-state index in [4.69, 9.17) is 4.98 Å². The van der Waals surface area contributed by atoms with Crippen molar-refractivity contribution in [3.05, 3.63) is 66.0 Å². The Kier molecular flexibility index (Phi) is 8.29. The van der Waals surface area contributed by atoms with E-state index >= 15 is 0 Å². The summed E-state index contributed by atoms with van der Waals surface area (Å²) in [6.45, 7) is 4.04. The summed E-state index contributed by atoms with van der Waals surface area (Å²) >= 11 is 0. The summed E-state index contributed by atoms with van der Waals surface area (Å²) in [5, 5.41) is 3.05. The highest BCUT2D eigenvalue weighted by atomic mass is 16.1. The van der Waals surface area contributed by atoms with Gasteiger partial charge in [-0.1, -0.05) is 62.2 Å². The SMILES string of the molecule is CCCCn1c(CCCCCNC(=O)CCc2ccccc2)nc2ccccc21. The van der Waals surface area contributed by atoms with E-state index in [9.17, 15) is 4.79 Å². The number of unbranched alkanes of at least 4 members (excludes halogenated alkanes) is 3. The molecule has 0 fully saturated rings. The molecule has 3 rings (SSSR count). The molecule has 0 aliphatic carbocycles. The smallest absolute Gasteiger partial charge is 0.220 e. The molecule has 0 radical (unpaired) electrons. The topological polar surface area (TPSA) is 46.9 Å². The lowest BCUT2D eigenvalue weighted by atomic mass is 10.1. The first-order chi connectivity index (χ1) is 14.3. The maximum atomic E-state index is 12.0. The van der Waals surface area contributed by atoms with E-state index in [-0.39, 0.29) is 5.91 Å². The van der Waals surface area contributed by atoms with Crippen LogP contribution in [-0.4, -0.2) is 22.0 Å². The predicted molar refractivity (Wildman–Crippen MR) is 120 cm³/mol. The molecule has 1 aromatic heterocycles. The molecule has 3 aromatic rings. The van der Waals surface area contributed by atoms with Crippen LogP contribution >= 0.6 is 0 Å². The minimum absolute atomic E-state index is 0.148. The molecule has 29 heavy (non-hydrogen) atoms. The fourth-order valence-corrected chi connectivity index (χ4v) is 3.69. The zero-order valence-electron chi connectivity index (χ0n) is 17.6. The number of benzene rings is 2. The van der Waals surface area contributed by atoms with Crippen LogP contribution in [0.4, 0.5) is 0 Å². The molecule has 4 nitrogen and oxygen atoms in total. The molecule has 0 spiro atoms. The van der Waals surface area contributed by atoms with Gasteiger partial charge in [0.25, 0.3) is 0 Å². The average molecular weight is 392 g/mol. The van der Waals surface area contributed by atoms with E-state index in [1.54, 1.807) is 0 Å². The van der Waals surface area contributed by atoms with Gasteiger partial charge in [-0.3, -0.25) is 4.79 Å². The summed E-state index contributed by atoms with van der Waals surface area (Å²) in [5.41, 5.74) is 3.57. The number of rotatable bonds is 12. The Hall–Kier alpha value is -2.62. The van der Waals surface area contributed by atoms with Gasteiger partial charge in [-0.2, -0.15) is 0 Å². The summed E-state index contributed by atoms with van der Waals surface area (Å²) < 4.78 is 2.39. The summed E-state index contributed by atoms with van der Waals surface area (Å²) in [4.78, 5) is 16.8. The number of carbonyl (C=O) groups excluding carboxylic acids is 1. The number of hydrogen-bond donors (Lipinski definition) is 1. The minimum Gasteiger partial charge on any atom is -0.356 e. The van der Waals surface area contributed by atoms with Crippen molar-refractivity contribution in [1.82, 2.24) is 14.9 Å². The van der Waals surface area contributed by atoms with E-state index in [1.165, 1.54) is 29.7 Å². The van der Waals surface area contributed by atoms with E-state index in [0.717, 1.165) is 50.7 Å². The lowest BCUT2D eigenvalue weighted by molar-refractivity contribution is -0.121. The van der Waals surface area contributed by atoms with Crippen molar-refractivity contribution in [1.29, 1.82) is 0 Å². The molecular weight excluding hydrogens is 358 g/mol. The number of nitrogens with one attached hydrogen (secondary N) is 1. The third-order valence-electron chi connectivity index (χ3n) is 5.35. The summed E-state index contributed by atoms with van der Waals surface area (Å²) in [6.07, 6.45) is 7.97. The highest BCUT2D eigenvalue weighted by Gasteiger charge is 2.09. The average Bonchev–Trinajstić information content (AvgIpc) is 3.11. The van der Waals surface area contributed by atoms with E-state index < -0.39 is 0 Å². The Labute approximate surface area is 174 Å². The number of carbonyl (C=O) groups is 1. The number of hydrogen-bond acceptors (Lipinski definition) is 2. The fraction of sp³-hybridized carbons (Fsp3) is 0.440. The number of amides is 1. The Morgan fingerprint density at radius 3 is 2.55 bits per heavy atom. The van der Waals surface area contributed by atoms with Crippen molar-refractivity contribution in [2.45, 2.75) is 64.8 Å². The van der Waals surface area contributed by atoms with Gasteiger partial charge in [0.05, 0.1) is 11.0 Å². The molecule has 0 bridgehead atoms. The van der Waals surface area contributed by atoms with Gasteiger partial charge in [-0.05, 0) is 43.4 Å². The third-order valence-corrected chi connectivity index (χ3v) is 5.35. The van der Waals surface area contributed by atoms with Crippen molar-refractivity contribution in [3.8, 4) is 0 Å². The largest absolute Gasteiger partial charge is 0.356 e. The number of nitrogens with zero attached hydrogens (tertiary/aromatic N) is 2. The van der Waals surface area contributed by atoms with Crippen molar-refractivity contribution < 1.29 is 4.79 Å². The molecule has 2 aromatic carbocycles. The van der Waals surface area contributed by atoms with Gasteiger partial charge in [0, 0.05) is 25.9 Å². The van der Waals surface area contributed by atoms with Crippen LogP contribution in [0.1, 0.15) is 56.8 Å². The van der Waals surface area contributed by atoms with Gasteiger partial charge in [0.2, 0.25) is 5.91 Å². The van der Waals surface area contributed by atoms with Crippen LogP contribution in [0.15, 0.2) is 54.6 Å². The summed E-state index contributed by atoms with van der Waals surface area (Å²) in [5.74, 6) is 1.35. The Morgan fingerprint density at radius 1 is 0.931 bits per heavy atom. The summed E-state index contributed by atoms with van der Waals surface area (Å²) in [6, 6.07) is 18.6. The highest BCUT2D eigenvalue weighted by molar-refractivity contribution is 5.76. The Morgan fingerprint density at radius 2 is 1.72 bits per heavy atom. The molecule has 0 saturated heterocycles. The minimum atomic E-state index is 0.148. The normalized spacial score (nSPS) is 11.1. The molecule has 154 valence electrons. The van der Waals surface area contributed by atoms with Gasteiger partial charge in [0.15, 0.2) is 0 Å². The number of imidazole rings is 1. The van der Waals surface area contributed by atoms with Gasteiger partial charge < -0.3 is 9.88 Å². The van der Waals surface area contributed by atoms with Crippen molar-refractivity contribution in [3.63, 3.8) is 0 Å². The highest BCUT2D eigenvalue weighted by Crippen LogP contribution is 2.18. The maximum Gasteiger partial charge on any atom is 0.220 e. The molecule has 0 saturated carbocycles. The second kappa shape index (κ2) is 11.4.